The first kappa shape index (κ1) is 9.98. The fraction of sp³-hybridized carbons (Fsp3) is 0.100. The molecule has 0 amide bonds. The molecule has 5 heteroatoms. The van der Waals surface area contributed by atoms with E-state index >= 15 is 0 Å². The van der Waals surface area contributed by atoms with Crippen molar-refractivity contribution in [3.63, 3.8) is 0 Å². The van der Waals surface area contributed by atoms with Crippen LogP contribution in [0.3, 0.4) is 0 Å². The zero-order valence-electron chi connectivity index (χ0n) is 8.04. The number of nitrogen functional groups attached to an aromatic ring is 1. The van der Waals surface area contributed by atoms with Gasteiger partial charge in [0.05, 0.1) is 10.7 Å². The Morgan fingerprint density at radius 3 is 2.67 bits per heavy atom. The summed E-state index contributed by atoms with van der Waals surface area (Å²) in [7, 11) is 0. The van der Waals surface area contributed by atoms with Crippen LogP contribution in [0.2, 0.25) is 5.02 Å². The molecule has 0 saturated heterocycles. The average Bonchev–Trinajstić information content (AvgIpc) is 2.50. The Balaban J connectivity index is 2.54. The molecule has 0 aliphatic heterocycles. The Labute approximate surface area is 91.3 Å². The molecular weight excluding hydrogens is 217 g/mol. The number of nitrogens with two attached hydrogens (primary N) is 1. The largest absolute Gasteiger partial charge is 0.382 e. The van der Waals surface area contributed by atoms with Crippen LogP contribution in [0.15, 0.2) is 24.3 Å². The third-order valence-electron chi connectivity index (χ3n) is 2.05. The van der Waals surface area contributed by atoms with E-state index in [-0.39, 0.29) is 5.02 Å². The van der Waals surface area contributed by atoms with Crippen LogP contribution in [-0.4, -0.2) is 9.78 Å². The second-order valence-corrected chi connectivity index (χ2v) is 3.63. The standard InChI is InChI=1S/C10H9ClFN3/c1-6-4-10(13)14-15(6)7-2-3-8(11)9(12)5-7/h2-5H,1H3,(H2,13,14). The summed E-state index contributed by atoms with van der Waals surface area (Å²) in [5.74, 6) is -0.0644. The Bertz CT molecular complexity index is 507. The number of aryl methyl sites for hydroxylation is 1. The predicted molar refractivity (Wildman–Crippen MR) is 57.7 cm³/mol. The van der Waals surface area contributed by atoms with Gasteiger partial charge in [0.25, 0.3) is 0 Å². The lowest BCUT2D eigenvalue weighted by Crippen LogP contribution is -2.00. The molecule has 2 aromatic rings. The number of benzene rings is 1. The van der Waals surface area contributed by atoms with Gasteiger partial charge in [0.1, 0.15) is 11.6 Å². The maximum absolute atomic E-state index is 13.2. The van der Waals surface area contributed by atoms with Crippen molar-refractivity contribution in [3.8, 4) is 5.69 Å². The van der Waals surface area contributed by atoms with Gasteiger partial charge in [0, 0.05) is 17.8 Å². The van der Waals surface area contributed by atoms with Crippen LogP contribution in [-0.2, 0) is 0 Å². The molecule has 0 radical (unpaired) electrons. The molecule has 0 bridgehead atoms. The van der Waals surface area contributed by atoms with E-state index in [0.29, 0.717) is 11.5 Å². The van der Waals surface area contributed by atoms with Crippen molar-refractivity contribution >= 4 is 17.4 Å². The summed E-state index contributed by atoms with van der Waals surface area (Å²) in [6.45, 7) is 1.84. The highest BCUT2D eigenvalue weighted by Gasteiger charge is 2.06. The highest BCUT2D eigenvalue weighted by Crippen LogP contribution is 2.19. The lowest BCUT2D eigenvalue weighted by Gasteiger charge is -2.04. The summed E-state index contributed by atoms with van der Waals surface area (Å²) >= 11 is 5.58. The molecule has 3 nitrogen and oxygen atoms in total. The van der Waals surface area contributed by atoms with E-state index in [4.69, 9.17) is 17.3 Å². The third kappa shape index (κ3) is 1.80. The van der Waals surface area contributed by atoms with Gasteiger partial charge in [-0.1, -0.05) is 11.6 Å². The first-order valence-corrected chi connectivity index (χ1v) is 4.73. The van der Waals surface area contributed by atoms with Gasteiger partial charge in [0.15, 0.2) is 0 Å². The molecule has 0 aliphatic rings. The number of nitrogens with zero attached hydrogens (tertiary/aromatic N) is 2. The van der Waals surface area contributed by atoms with Crippen LogP contribution in [0, 0.1) is 12.7 Å². The number of hydrogen-bond acceptors (Lipinski definition) is 2. The summed E-state index contributed by atoms with van der Waals surface area (Å²) < 4.78 is 14.8. The molecule has 1 aromatic heterocycles. The lowest BCUT2D eigenvalue weighted by molar-refractivity contribution is 0.625. The molecule has 0 fully saturated rings. The molecule has 0 atom stereocenters. The number of halogens is 2. The number of aromatic nitrogens is 2. The summed E-state index contributed by atoms with van der Waals surface area (Å²) in [4.78, 5) is 0. The second-order valence-electron chi connectivity index (χ2n) is 3.22. The van der Waals surface area contributed by atoms with Crippen LogP contribution < -0.4 is 5.73 Å². The molecule has 1 heterocycles. The van der Waals surface area contributed by atoms with Crippen LogP contribution >= 0.6 is 11.6 Å². The van der Waals surface area contributed by atoms with Crippen LogP contribution in [0.5, 0.6) is 0 Å². The van der Waals surface area contributed by atoms with Gasteiger partial charge in [-0.2, -0.15) is 5.10 Å². The molecule has 15 heavy (non-hydrogen) atoms. The summed E-state index contributed by atoms with van der Waals surface area (Å²) in [5, 5.41) is 4.13. The zero-order chi connectivity index (χ0) is 11.0. The number of anilines is 1. The van der Waals surface area contributed by atoms with E-state index in [1.54, 1.807) is 16.8 Å². The fourth-order valence-corrected chi connectivity index (χ4v) is 1.49. The number of hydrogen-bond donors (Lipinski definition) is 1. The van der Waals surface area contributed by atoms with E-state index < -0.39 is 5.82 Å². The van der Waals surface area contributed by atoms with E-state index in [2.05, 4.69) is 5.10 Å². The molecule has 78 valence electrons. The fourth-order valence-electron chi connectivity index (χ4n) is 1.38. The van der Waals surface area contributed by atoms with Crippen molar-refractivity contribution in [2.45, 2.75) is 6.92 Å². The van der Waals surface area contributed by atoms with E-state index in [0.717, 1.165) is 5.69 Å². The quantitative estimate of drug-likeness (QED) is 0.811. The third-order valence-corrected chi connectivity index (χ3v) is 2.36. The Morgan fingerprint density at radius 2 is 2.13 bits per heavy atom. The minimum absolute atomic E-state index is 0.0940. The highest BCUT2D eigenvalue weighted by molar-refractivity contribution is 6.30. The van der Waals surface area contributed by atoms with Crippen molar-refractivity contribution in [2.24, 2.45) is 0 Å². The molecule has 0 unspecified atom stereocenters. The van der Waals surface area contributed by atoms with Crippen molar-refractivity contribution in [1.29, 1.82) is 0 Å². The topological polar surface area (TPSA) is 43.8 Å². The Morgan fingerprint density at radius 1 is 1.40 bits per heavy atom. The molecule has 0 saturated carbocycles. The van der Waals surface area contributed by atoms with E-state index in [9.17, 15) is 4.39 Å². The van der Waals surface area contributed by atoms with E-state index in [1.165, 1.54) is 12.1 Å². The first-order valence-electron chi connectivity index (χ1n) is 4.35. The van der Waals surface area contributed by atoms with Crippen molar-refractivity contribution in [3.05, 3.63) is 40.8 Å². The van der Waals surface area contributed by atoms with Gasteiger partial charge in [-0.3, -0.25) is 0 Å². The molecule has 2 rings (SSSR count). The normalized spacial score (nSPS) is 10.6. The summed E-state index contributed by atoms with van der Waals surface area (Å²) in [5.41, 5.74) is 6.98. The number of rotatable bonds is 1. The highest BCUT2D eigenvalue weighted by atomic mass is 35.5. The van der Waals surface area contributed by atoms with Gasteiger partial charge in [-0.05, 0) is 19.1 Å². The van der Waals surface area contributed by atoms with Crippen molar-refractivity contribution in [2.75, 3.05) is 5.73 Å². The van der Waals surface area contributed by atoms with Gasteiger partial charge >= 0.3 is 0 Å². The Hall–Kier alpha value is -1.55. The minimum atomic E-state index is -0.470. The maximum Gasteiger partial charge on any atom is 0.146 e. The van der Waals surface area contributed by atoms with Crippen LogP contribution in [0.1, 0.15) is 5.69 Å². The van der Waals surface area contributed by atoms with Crippen molar-refractivity contribution < 1.29 is 4.39 Å². The SMILES string of the molecule is Cc1cc(N)nn1-c1ccc(Cl)c(F)c1. The lowest BCUT2D eigenvalue weighted by atomic mass is 10.3. The first-order chi connectivity index (χ1) is 7.08. The summed E-state index contributed by atoms with van der Waals surface area (Å²) in [6, 6.07) is 6.21. The molecular formula is C10H9ClFN3. The molecule has 0 spiro atoms. The van der Waals surface area contributed by atoms with Crippen LogP contribution in [0.25, 0.3) is 5.69 Å². The zero-order valence-corrected chi connectivity index (χ0v) is 8.79. The van der Waals surface area contributed by atoms with Gasteiger partial charge in [-0.25, -0.2) is 9.07 Å². The van der Waals surface area contributed by atoms with Gasteiger partial charge in [0.2, 0.25) is 0 Å². The molecule has 2 N–H and O–H groups in total. The molecule has 1 aromatic carbocycles. The summed E-state index contributed by atoms with van der Waals surface area (Å²) in [6.07, 6.45) is 0. The predicted octanol–water partition coefficient (Wildman–Crippen LogP) is 2.56. The monoisotopic (exact) mass is 225 g/mol. The minimum Gasteiger partial charge on any atom is -0.382 e. The smallest absolute Gasteiger partial charge is 0.146 e. The maximum atomic E-state index is 13.2. The van der Waals surface area contributed by atoms with E-state index in [1.807, 2.05) is 6.92 Å². The second kappa shape index (κ2) is 3.55. The molecule has 0 aliphatic carbocycles. The van der Waals surface area contributed by atoms with Crippen molar-refractivity contribution in [1.82, 2.24) is 9.78 Å². The van der Waals surface area contributed by atoms with Crippen LogP contribution in [0.4, 0.5) is 10.2 Å². The average molecular weight is 226 g/mol. The Kier molecular flexibility index (Phi) is 2.36. The van der Waals surface area contributed by atoms with Gasteiger partial charge in [-0.15, -0.1) is 0 Å². The van der Waals surface area contributed by atoms with Gasteiger partial charge < -0.3 is 5.73 Å².